The maximum atomic E-state index is 12.1. The van der Waals surface area contributed by atoms with E-state index < -0.39 is 5.97 Å². The lowest BCUT2D eigenvalue weighted by atomic mass is 10.1. The third-order valence-electron chi connectivity index (χ3n) is 3.35. The van der Waals surface area contributed by atoms with Crippen molar-refractivity contribution in [3.8, 4) is 11.4 Å². The van der Waals surface area contributed by atoms with Gasteiger partial charge in [-0.3, -0.25) is 0 Å². The molecule has 0 aromatic carbocycles. The molecule has 114 valence electrons. The average Bonchev–Trinajstić information content (AvgIpc) is 3.04. The monoisotopic (exact) mass is 291 g/mol. The van der Waals surface area contributed by atoms with Crippen LogP contribution in [0, 0.1) is 0 Å². The number of aromatic nitrogens is 5. The molecule has 7 nitrogen and oxygen atoms in total. The van der Waals surface area contributed by atoms with Gasteiger partial charge < -0.3 is 9.30 Å². The largest absolute Gasteiger partial charge is 0.461 e. The molecule has 0 aliphatic heterocycles. The summed E-state index contributed by atoms with van der Waals surface area (Å²) in [6, 6.07) is 0.149. The van der Waals surface area contributed by atoms with E-state index in [1.807, 2.05) is 11.6 Å². The van der Waals surface area contributed by atoms with Crippen LogP contribution in [0.25, 0.3) is 11.4 Å². The van der Waals surface area contributed by atoms with Crippen molar-refractivity contribution in [2.45, 2.75) is 39.7 Å². The van der Waals surface area contributed by atoms with Gasteiger partial charge in [0.2, 0.25) is 0 Å². The number of ether oxygens (including phenoxy) is 1. The molecule has 0 bridgehead atoms. The topological polar surface area (TPSA) is 74.8 Å². The third kappa shape index (κ3) is 2.96. The summed E-state index contributed by atoms with van der Waals surface area (Å²) in [6.07, 6.45) is 5.37. The zero-order valence-electron chi connectivity index (χ0n) is 12.9. The highest BCUT2D eigenvalue weighted by atomic mass is 16.5. The first-order chi connectivity index (χ1) is 10.1. The van der Waals surface area contributed by atoms with Crippen LogP contribution in [-0.2, 0) is 11.8 Å². The number of aryl methyl sites for hydroxylation is 1. The molecule has 2 aromatic rings. The Bertz CT molecular complexity index is 617. The predicted octanol–water partition coefficient (Wildman–Crippen LogP) is 2.22. The normalized spacial score (nSPS) is 12.4. The molecule has 0 fully saturated rings. The van der Waals surface area contributed by atoms with Crippen LogP contribution in [0.5, 0.6) is 0 Å². The number of rotatable bonds is 6. The molecule has 0 aliphatic rings. The lowest BCUT2D eigenvalue weighted by Gasteiger charge is -2.14. The van der Waals surface area contributed by atoms with Crippen LogP contribution in [0.4, 0.5) is 0 Å². The van der Waals surface area contributed by atoms with Crippen molar-refractivity contribution < 1.29 is 9.53 Å². The Kier molecular flexibility index (Phi) is 4.72. The van der Waals surface area contributed by atoms with E-state index in [-0.39, 0.29) is 11.7 Å². The summed E-state index contributed by atoms with van der Waals surface area (Å²) in [5.41, 5.74) is 1.70. The van der Waals surface area contributed by atoms with Crippen molar-refractivity contribution in [1.29, 1.82) is 0 Å². The molecule has 0 aliphatic carbocycles. The van der Waals surface area contributed by atoms with Gasteiger partial charge in [-0.2, -0.15) is 0 Å². The van der Waals surface area contributed by atoms with Gasteiger partial charge in [-0.25, -0.2) is 14.5 Å². The van der Waals surface area contributed by atoms with E-state index in [2.05, 4.69) is 29.1 Å². The van der Waals surface area contributed by atoms with Crippen molar-refractivity contribution in [1.82, 2.24) is 24.5 Å². The van der Waals surface area contributed by atoms with E-state index in [0.29, 0.717) is 12.3 Å². The Balaban J connectivity index is 2.53. The van der Waals surface area contributed by atoms with Crippen LogP contribution in [-0.4, -0.2) is 37.1 Å². The summed E-state index contributed by atoms with van der Waals surface area (Å²) < 4.78 is 8.70. The highest BCUT2D eigenvalue weighted by molar-refractivity contribution is 5.93. The quantitative estimate of drug-likeness (QED) is 0.763. The second-order valence-corrected chi connectivity index (χ2v) is 4.98. The summed E-state index contributed by atoms with van der Waals surface area (Å²) in [4.78, 5) is 16.2. The molecular formula is C14H21N5O2. The van der Waals surface area contributed by atoms with Crippen molar-refractivity contribution in [2.75, 3.05) is 6.61 Å². The highest BCUT2D eigenvalue weighted by Gasteiger charge is 2.26. The first-order valence-corrected chi connectivity index (χ1v) is 7.19. The van der Waals surface area contributed by atoms with Crippen LogP contribution in [0.2, 0.25) is 0 Å². The van der Waals surface area contributed by atoms with Gasteiger partial charge in [0.05, 0.1) is 30.9 Å². The SMILES string of the molecule is CCCC(C)n1nnc(C(=O)OCC)c1-c1cncn1C. The van der Waals surface area contributed by atoms with Gasteiger partial charge in [-0.15, -0.1) is 5.10 Å². The van der Waals surface area contributed by atoms with E-state index in [1.54, 1.807) is 24.1 Å². The Hall–Kier alpha value is -2.18. The Morgan fingerprint density at radius 3 is 2.76 bits per heavy atom. The van der Waals surface area contributed by atoms with E-state index in [0.717, 1.165) is 18.5 Å². The minimum absolute atomic E-state index is 0.149. The van der Waals surface area contributed by atoms with Crippen molar-refractivity contribution in [2.24, 2.45) is 7.05 Å². The maximum Gasteiger partial charge on any atom is 0.361 e. The Morgan fingerprint density at radius 1 is 1.43 bits per heavy atom. The van der Waals surface area contributed by atoms with Crippen LogP contribution in [0.15, 0.2) is 12.5 Å². The molecule has 0 spiro atoms. The Morgan fingerprint density at radius 2 is 2.19 bits per heavy atom. The minimum atomic E-state index is -0.455. The van der Waals surface area contributed by atoms with Gasteiger partial charge in [0.25, 0.3) is 0 Å². The van der Waals surface area contributed by atoms with E-state index in [1.165, 1.54) is 0 Å². The molecule has 0 radical (unpaired) electrons. The van der Waals surface area contributed by atoms with E-state index in [9.17, 15) is 4.79 Å². The van der Waals surface area contributed by atoms with Gasteiger partial charge in [0.1, 0.15) is 5.69 Å². The number of nitrogens with zero attached hydrogens (tertiary/aromatic N) is 5. The van der Waals surface area contributed by atoms with Gasteiger partial charge in [-0.05, 0) is 20.3 Å². The lowest BCUT2D eigenvalue weighted by Crippen LogP contribution is -2.12. The summed E-state index contributed by atoms with van der Waals surface area (Å²) in [6.45, 7) is 6.25. The fraction of sp³-hybridized carbons (Fsp3) is 0.571. The fourth-order valence-electron chi connectivity index (χ4n) is 2.30. The number of esters is 1. The van der Waals surface area contributed by atoms with E-state index in [4.69, 9.17) is 4.74 Å². The van der Waals surface area contributed by atoms with Crippen LogP contribution in [0.3, 0.4) is 0 Å². The van der Waals surface area contributed by atoms with Crippen LogP contribution < -0.4 is 0 Å². The van der Waals surface area contributed by atoms with Gasteiger partial charge in [-0.1, -0.05) is 18.6 Å². The first kappa shape index (κ1) is 15.2. The van der Waals surface area contributed by atoms with Crippen LogP contribution >= 0.6 is 0 Å². The van der Waals surface area contributed by atoms with E-state index >= 15 is 0 Å². The minimum Gasteiger partial charge on any atom is -0.461 e. The van der Waals surface area contributed by atoms with Gasteiger partial charge in [0.15, 0.2) is 5.69 Å². The smallest absolute Gasteiger partial charge is 0.361 e. The van der Waals surface area contributed by atoms with Crippen molar-refractivity contribution in [3.05, 3.63) is 18.2 Å². The second-order valence-electron chi connectivity index (χ2n) is 4.98. The number of hydrogen-bond acceptors (Lipinski definition) is 5. The Labute approximate surface area is 123 Å². The summed E-state index contributed by atoms with van der Waals surface area (Å²) in [5.74, 6) is -0.455. The van der Waals surface area contributed by atoms with Crippen LogP contribution in [0.1, 0.15) is 50.1 Å². The maximum absolute atomic E-state index is 12.1. The molecule has 2 aromatic heterocycles. The summed E-state index contributed by atoms with van der Waals surface area (Å²) in [7, 11) is 1.87. The standard InChI is InChI=1S/C14H21N5O2/c1-5-7-10(3)19-13(11-8-15-9-18(11)4)12(16-17-19)14(20)21-6-2/h8-10H,5-7H2,1-4H3. The molecule has 1 atom stereocenters. The molecule has 2 rings (SSSR count). The molecule has 0 saturated heterocycles. The number of hydrogen-bond donors (Lipinski definition) is 0. The zero-order chi connectivity index (χ0) is 15.4. The number of imidazole rings is 1. The van der Waals surface area contributed by atoms with Gasteiger partial charge >= 0.3 is 5.97 Å². The molecule has 0 amide bonds. The first-order valence-electron chi connectivity index (χ1n) is 7.19. The van der Waals surface area contributed by atoms with Crippen molar-refractivity contribution in [3.63, 3.8) is 0 Å². The summed E-state index contributed by atoms with van der Waals surface area (Å²) >= 11 is 0. The zero-order valence-corrected chi connectivity index (χ0v) is 12.9. The second kappa shape index (κ2) is 6.51. The number of carbonyl (C=O) groups is 1. The molecular weight excluding hydrogens is 270 g/mol. The fourth-order valence-corrected chi connectivity index (χ4v) is 2.30. The third-order valence-corrected chi connectivity index (χ3v) is 3.35. The number of carbonyl (C=O) groups excluding carboxylic acids is 1. The summed E-state index contributed by atoms with van der Waals surface area (Å²) in [5, 5.41) is 8.19. The van der Waals surface area contributed by atoms with Crippen molar-refractivity contribution >= 4 is 5.97 Å². The molecule has 21 heavy (non-hydrogen) atoms. The lowest BCUT2D eigenvalue weighted by molar-refractivity contribution is 0.0520. The van der Waals surface area contributed by atoms with Gasteiger partial charge in [0, 0.05) is 7.05 Å². The average molecular weight is 291 g/mol. The highest BCUT2D eigenvalue weighted by Crippen LogP contribution is 2.26. The molecule has 2 heterocycles. The molecule has 0 saturated carbocycles. The molecule has 0 N–H and O–H groups in total. The molecule has 1 unspecified atom stereocenters. The predicted molar refractivity (Wildman–Crippen MR) is 77.8 cm³/mol. The molecule has 7 heteroatoms.